The molecule has 2 heterocycles. The van der Waals surface area contributed by atoms with Crippen molar-refractivity contribution in [3.63, 3.8) is 0 Å². The first-order valence-electron chi connectivity index (χ1n) is 33.8. The van der Waals surface area contributed by atoms with E-state index in [2.05, 4.69) is 375 Å². The van der Waals surface area contributed by atoms with Crippen molar-refractivity contribution < 1.29 is 0 Å². The van der Waals surface area contributed by atoms with E-state index >= 15 is 0 Å². The van der Waals surface area contributed by atoms with Crippen LogP contribution in [0.3, 0.4) is 0 Å². The quantitative estimate of drug-likeness (QED) is 0.105. The van der Waals surface area contributed by atoms with Crippen molar-refractivity contribution in [3.8, 4) is 77.9 Å². The summed E-state index contributed by atoms with van der Waals surface area (Å²) in [5, 5.41) is 4.93. The number of benzene rings is 14. The molecule has 2 aliphatic rings. The van der Waals surface area contributed by atoms with Gasteiger partial charge in [0.1, 0.15) is 0 Å². The van der Waals surface area contributed by atoms with Gasteiger partial charge in [-0.15, -0.1) is 0 Å². The Morgan fingerprint density at radius 1 is 0.232 bits per heavy atom. The van der Waals surface area contributed by atoms with Crippen molar-refractivity contribution in [2.75, 3.05) is 9.80 Å². The minimum atomic E-state index is -0.290. The zero-order chi connectivity index (χ0) is 64.9. The standard InChI is InChI=1S/C92H77BN2/c1-90(2,3)68-54-75(61-34-17-11-18-35-61)88(76(55-68)62-36-19-12-20-37-62)95-82-53-67(86-73-46-27-25-44-71(73)85(64-40-23-14-24-41-64)72-45-26-28-47-74(72)86)50-51-80(82)93-79-48-29-30-49-81(79)94(83-58-70(92(7,8)9)59-84(95)87(83)93)89-77(63-38-21-13-22-39-63)56-69(91(4,5)6)57-78(89)66-43-31-42-65(52-66)60-32-15-10-16-33-60/h10-59H,1-9H3. The normalized spacial score (nSPS) is 12.8. The molecule has 2 aliphatic heterocycles. The molecule has 0 unspecified atom stereocenters. The molecule has 0 aromatic heterocycles. The van der Waals surface area contributed by atoms with Crippen LogP contribution in [-0.4, -0.2) is 6.71 Å². The van der Waals surface area contributed by atoms with E-state index < -0.39 is 0 Å². The highest BCUT2D eigenvalue weighted by Crippen LogP contribution is 2.56. The fourth-order valence-electron chi connectivity index (χ4n) is 15.2. The van der Waals surface area contributed by atoms with Crippen molar-refractivity contribution in [3.05, 3.63) is 320 Å². The zero-order valence-electron chi connectivity index (χ0n) is 55.8. The van der Waals surface area contributed by atoms with E-state index in [0.717, 1.165) is 17.1 Å². The molecule has 16 rings (SSSR count). The van der Waals surface area contributed by atoms with Crippen LogP contribution in [0, 0.1) is 0 Å². The van der Waals surface area contributed by atoms with Crippen molar-refractivity contribution >= 4 is 78.8 Å². The van der Waals surface area contributed by atoms with Crippen molar-refractivity contribution in [2.24, 2.45) is 0 Å². The van der Waals surface area contributed by atoms with Gasteiger partial charge in [0, 0.05) is 45.0 Å². The maximum atomic E-state index is 2.74. The Hall–Kier alpha value is -10.7. The summed E-state index contributed by atoms with van der Waals surface area (Å²) in [5.74, 6) is 0. The molecule has 0 fully saturated rings. The first-order valence-corrected chi connectivity index (χ1v) is 33.8. The lowest BCUT2D eigenvalue weighted by Gasteiger charge is -2.46. The molecule has 0 saturated heterocycles. The van der Waals surface area contributed by atoms with E-state index in [1.807, 2.05) is 0 Å². The molecule has 14 aromatic carbocycles. The lowest BCUT2D eigenvalue weighted by Crippen LogP contribution is -2.61. The van der Waals surface area contributed by atoms with Gasteiger partial charge in [0.05, 0.1) is 11.4 Å². The summed E-state index contributed by atoms with van der Waals surface area (Å²) in [6.07, 6.45) is 0. The van der Waals surface area contributed by atoms with E-state index in [-0.39, 0.29) is 23.0 Å². The molecule has 0 aliphatic carbocycles. The molecule has 0 atom stereocenters. The molecule has 95 heavy (non-hydrogen) atoms. The van der Waals surface area contributed by atoms with Gasteiger partial charge in [-0.3, -0.25) is 0 Å². The van der Waals surface area contributed by atoms with Crippen LogP contribution in [0.2, 0.25) is 0 Å². The van der Waals surface area contributed by atoms with Crippen LogP contribution in [0.5, 0.6) is 0 Å². The van der Waals surface area contributed by atoms with Gasteiger partial charge in [-0.25, -0.2) is 0 Å². The number of para-hydroxylation sites is 1. The Bertz CT molecular complexity index is 5170. The van der Waals surface area contributed by atoms with Crippen LogP contribution < -0.4 is 26.2 Å². The third-order valence-corrected chi connectivity index (χ3v) is 20.1. The number of anilines is 6. The Morgan fingerprint density at radius 2 is 0.568 bits per heavy atom. The van der Waals surface area contributed by atoms with E-state index in [1.165, 1.54) is 150 Å². The first-order chi connectivity index (χ1) is 46.1. The first kappa shape index (κ1) is 59.3. The largest absolute Gasteiger partial charge is 0.310 e. The number of hydrogen-bond donors (Lipinski definition) is 0. The third-order valence-electron chi connectivity index (χ3n) is 20.1. The summed E-state index contributed by atoms with van der Waals surface area (Å²) in [7, 11) is 0. The monoisotopic (exact) mass is 1220 g/mol. The third kappa shape index (κ3) is 10.3. The van der Waals surface area contributed by atoms with Gasteiger partial charge in [0.2, 0.25) is 0 Å². The minimum Gasteiger partial charge on any atom is -0.310 e. The second kappa shape index (κ2) is 23.1. The van der Waals surface area contributed by atoms with Crippen molar-refractivity contribution in [1.29, 1.82) is 0 Å². The molecule has 0 spiro atoms. The van der Waals surface area contributed by atoms with Gasteiger partial charge in [-0.1, -0.05) is 311 Å². The SMILES string of the molecule is CC(C)(C)c1cc(-c2ccccc2)c(N2c3ccccc3B3c4ccc(-c5c6ccccc6c(-c6ccccc6)c6ccccc56)cc4N(c4c(-c5ccccc5)cc(C(C)(C)C)cc4-c4ccccc4)c4cc(C(C)(C)C)cc2c43)c(-c2cccc(-c3ccccc3)c2)c1. The second-order valence-electron chi connectivity index (χ2n) is 29.2. The average molecular weight is 1220 g/mol. The van der Waals surface area contributed by atoms with Crippen LogP contribution in [0.4, 0.5) is 34.1 Å². The predicted molar refractivity (Wildman–Crippen MR) is 410 cm³/mol. The molecule has 2 nitrogen and oxygen atoms in total. The average Bonchev–Trinajstić information content (AvgIpc) is 0.689. The number of fused-ring (bicyclic) bond motifs is 6. The summed E-state index contributed by atoms with van der Waals surface area (Å²) in [5.41, 5.74) is 30.6. The smallest absolute Gasteiger partial charge is 0.252 e. The lowest BCUT2D eigenvalue weighted by atomic mass is 9.33. The summed E-state index contributed by atoms with van der Waals surface area (Å²) >= 11 is 0. The van der Waals surface area contributed by atoms with Crippen LogP contribution >= 0.6 is 0 Å². The van der Waals surface area contributed by atoms with Gasteiger partial charge in [-0.2, -0.15) is 0 Å². The molecule has 458 valence electrons. The van der Waals surface area contributed by atoms with Crippen LogP contribution in [0.15, 0.2) is 303 Å². The molecule has 0 bridgehead atoms. The Balaban J connectivity index is 1.07. The zero-order valence-corrected chi connectivity index (χ0v) is 55.8. The summed E-state index contributed by atoms with van der Waals surface area (Å²) in [4.78, 5) is 5.43. The van der Waals surface area contributed by atoms with Crippen molar-refractivity contribution in [2.45, 2.75) is 78.6 Å². The Kier molecular flexibility index (Phi) is 14.4. The van der Waals surface area contributed by atoms with E-state index in [9.17, 15) is 0 Å². The fourth-order valence-corrected chi connectivity index (χ4v) is 15.2. The maximum Gasteiger partial charge on any atom is 0.252 e. The maximum absolute atomic E-state index is 2.74. The fraction of sp³-hybridized carbons (Fsp3) is 0.130. The van der Waals surface area contributed by atoms with E-state index in [4.69, 9.17) is 0 Å². The van der Waals surface area contributed by atoms with Gasteiger partial charge in [-0.05, 0) is 181 Å². The number of nitrogens with zero attached hydrogens (tertiary/aromatic N) is 2. The Morgan fingerprint density at radius 3 is 1.02 bits per heavy atom. The van der Waals surface area contributed by atoms with Gasteiger partial charge in [0.25, 0.3) is 6.71 Å². The van der Waals surface area contributed by atoms with E-state index in [0.29, 0.717) is 0 Å². The highest BCUT2D eigenvalue weighted by molar-refractivity contribution is 7.00. The number of hydrogen-bond acceptors (Lipinski definition) is 2. The number of rotatable bonds is 9. The highest BCUT2D eigenvalue weighted by atomic mass is 15.2. The molecule has 0 saturated carbocycles. The van der Waals surface area contributed by atoms with Crippen LogP contribution in [0.1, 0.15) is 79.0 Å². The van der Waals surface area contributed by atoms with E-state index in [1.54, 1.807) is 0 Å². The summed E-state index contributed by atoms with van der Waals surface area (Å²) < 4.78 is 0. The van der Waals surface area contributed by atoms with Crippen molar-refractivity contribution in [1.82, 2.24) is 0 Å². The molecule has 0 radical (unpaired) electrons. The second-order valence-corrected chi connectivity index (χ2v) is 29.2. The van der Waals surface area contributed by atoms with Crippen LogP contribution in [0.25, 0.3) is 99.4 Å². The Labute approximate surface area is 561 Å². The predicted octanol–water partition coefficient (Wildman–Crippen LogP) is 23.6. The highest BCUT2D eigenvalue weighted by Gasteiger charge is 2.46. The summed E-state index contributed by atoms with van der Waals surface area (Å²) in [6.45, 7) is 21.2. The molecule has 0 amide bonds. The molecule has 0 N–H and O–H groups in total. The molecule has 14 aromatic rings. The molecular weight excluding hydrogens is 1140 g/mol. The molecule has 3 heteroatoms. The summed E-state index contributed by atoms with van der Waals surface area (Å²) in [6, 6.07) is 115. The van der Waals surface area contributed by atoms with Crippen LogP contribution in [-0.2, 0) is 16.2 Å². The minimum absolute atomic E-state index is 0.163. The molecular formula is C92H77BN2. The lowest BCUT2D eigenvalue weighted by molar-refractivity contribution is 0.590. The van der Waals surface area contributed by atoms with Gasteiger partial charge < -0.3 is 9.80 Å². The topological polar surface area (TPSA) is 6.48 Å². The van der Waals surface area contributed by atoms with Gasteiger partial charge >= 0.3 is 0 Å². The van der Waals surface area contributed by atoms with Gasteiger partial charge in [0.15, 0.2) is 0 Å².